The number of carbonyl (C=O) groups is 2. The number of ether oxygens (including phenoxy) is 1. The summed E-state index contributed by atoms with van der Waals surface area (Å²) < 4.78 is 6.03. The van der Waals surface area contributed by atoms with Gasteiger partial charge in [0.2, 0.25) is 11.8 Å². The molecule has 0 spiro atoms. The number of methoxy groups -OCH3 is 1. The fourth-order valence-electron chi connectivity index (χ4n) is 2.28. The van der Waals surface area contributed by atoms with E-state index in [1.165, 1.54) is 11.8 Å². The van der Waals surface area contributed by atoms with Crippen molar-refractivity contribution < 1.29 is 14.3 Å². The van der Waals surface area contributed by atoms with Gasteiger partial charge in [0.15, 0.2) is 5.17 Å². The molecule has 3 rings (SSSR count). The number of nitrogens with zero attached hydrogens (tertiary/aromatic N) is 1. The van der Waals surface area contributed by atoms with Crippen molar-refractivity contribution in [1.29, 1.82) is 0 Å². The number of halogens is 1. The van der Waals surface area contributed by atoms with Crippen LogP contribution >= 0.6 is 27.7 Å². The molecule has 8 heteroatoms. The molecule has 1 atom stereocenters. The first-order valence-corrected chi connectivity index (χ1v) is 9.46. The normalized spacial score (nSPS) is 17.8. The summed E-state index contributed by atoms with van der Waals surface area (Å²) in [6.45, 7) is 0. The van der Waals surface area contributed by atoms with Crippen LogP contribution in [0.5, 0.6) is 5.75 Å². The highest BCUT2D eigenvalue weighted by atomic mass is 79.9. The van der Waals surface area contributed by atoms with Gasteiger partial charge >= 0.3 is 0 Å². The van der Waals surface area contributed by atoms with Gasteiger partial charge in [-0.25, -0.2) is 4.99 Å². The molecule has 0 unspecified atom stereocenters. The number of amides is 2. The standard InChI is InChI=1S/C18H16BrN3O3S/c1-25-14-8-6-13(7-9-14)21-18-22-17(24)15(26-18)10-16(23)20-12-4-2-11(19)3-5-12/h2-9,15H,10H2,1H3,(H,20,23)(H,21,22,24)/t15-/m0/s1. The molecule has 6 nitrogen and oxygen atoms in total. The van der Waals surface area contributed by atoms with Gasteiger partial charge in [0, 0.05) is 16.6 Å². The SMILES string of the molecule is COc1ccc(N=C2NC(=O)[C@H](CC(=O)Nc3ccc(Br)cc3)S2)cc1. The summed E-state index contributed by atoms with van der Waals surface area (Å²) in [6, 6.07) is 14.4. The van der Waals surface area contributed by atoms with E-state index in [2.05, 4.69) is 31.6 Å². The Hall–Kier alpha value is -2.32. The number of anilines is 1. The van der Waals surface area contributed by atoms with Crippen LogP contribution in [0.15, 0.2) is 58.0 Å². The Kier molecular flexibility index (Phi) is 5.95. The number of hydrogen-bond acceptors (Lipinski definition) is 5. The molecule has 1 aliphatic heterocycles. The Morgan fingerprint density at radius 1 is 1.23 bits per heavy atom. The fraction of sp³-hybridized carbons (Fsp3) is 0.167. The van der Waals surface area contributed by atoms with E-state index in [1.807, 2.05) is 12.1 Å². The number of hydrogen-bond donors (Lipinski definition) is 2. The van der Waals surface area contributed by atoms with E-state index in [0.29, 0.717) is 16.5 Å². The van der Waals surface area contributed by atoms with Gasteiger partial charge in [0.25, 0.3) is 0 Å². The molecule has 2 aromatic rings. The monoisotopic (exact) mass is 433 g/mol. The van der Waals surface area contributed by atoms with E-state index < -0.39 is 5.25 Å². The highest BCUT2D eigenvalue weighted by molar-refractivity contribution is 9.10. The van der Waals surface area contributed by atoms with Crippen molar-refractivity contribution in [3.8, 4) is 5.75 Å². The Morgan fingerprint density at radius 2 is 1.92 bits per heavy atom. The molecule has 0 saturated carbocycles. The maximum atomic E-state index is 12.2. The summed E-state index contributed by atoms with van der Waals surface area (Å²) in [6.07, 6.45) is 0.0776. The lowest BCUT2D eigenvalue weighted by Gasteiger charge is -2.07. The first-order valence-electron chi connectivity index (χ1n) is 7.79. The molecule has 26 heavy (non-hydrogen) atoms. The van der Waals surface area contributed by atoms with Crippen molar-refractivity contribution in [3.05, 3.63) is 53.0 Å². The van der Waals surface area contributed by atoms with Gasteiger partial charge in [-0.2, -0.15) is 0 Å². The minimum atomic E-state index is -0.498. The maximum absolute atomic E-state index is 12.2. The molecule has 1 fully saturated rings. The summed E-state index contributed by atoms with van der Waals surface area (Å²) in [4.78, 5) is 28.6. The molecule has 2 N–H and O–H groups in total. The van der Waals surface area contributed by atoms with Crippen molar-refractivity contribution in [1.82, 2.24) is 5.32 Å². The number of aliphatic imine (C=N–C) groups is 1. The molecular weight excluding hydrogens is 418 g/mol. The van der Waals surface area contributed by atoms with Gasteiger partial charge in [0.1, 0.15) is 11.0 Å². The van der Waals surface area contributed by atoms with Crippen LogP contribution in [0.1, 0.15) is 6.42 Å². The summed E-state index contributed by atoms with van der Waals surface area (Å²) in [5, 5.41) is 5.49. The fourth-order valence-corrected chi connectivity index (χ4v) is 3.53. The lowest BCUT2D eigenvalue weighted by molar-refractivity contribution is -0.122. The minimum Gasteiger partial charge on any atom is -0.497 e. The second-order valence-corrected chi connectivity index (χ2v) is 7.58. The molecule has 134 valence electrons. The summed E-state index contributed by atoms with van der Waals surface area (Å²) in [5.41, 5.74) is 1.39. The molecule has 0 aromatic heterocycles. The van der Waals surface area contributed by atoms with Crippen molar-refractivity contribution >= 4 is 56.0 Å². The third kappa shape index (κ3) is 4.86. The molecule has 1 aliphatic rings. The van der Waals surface area contributed by atoms with Crippen LogP contribution in [0.3, 0.4) is 0 Å². The predicted molar refractivity (Wildman–Crippen MR) is 107 cm³/mol. The lowest BCUT2D eigenvalue weighted by atomic mass is 10.2. The molecule has 1 heterocycles. The van der Waals surface area contributed by atoms with E-state index in [0.717, 1.165) is 10.2 Å². The van der Waals surface area contributed by atoms with Crippen molar-refractivity contribution in [2.24, 2.45) is 4.99 Å². The van der Waals surface area contributed by atoms with Gasteiger partial charge < -0.3 is 15.4 Å². The summed E-state index contributed by atoms with van der Waals surface area (Å²) in [5.74, 6) is 0.304. The first kappa shape index (κ1) is 18.5. The topological polar surface area (TPSA) is 79.8 Å². The second kappa shape index (κ2) is 8.37. The number of nitrogens with one attached hydrogen (secondary N) is 2. The maximum Gasteiger partial charge on any atom is 0.240 e. The van der Waals surface area contributed by atoms with Gasteiger partial charge in [-0.3, -0.25) is 9.59 Å². The number of rotatable bonds is 5. The Morgan fingerprint density at radius 3 is 2.58 bits per heavy atom. The van der Waals surface area contributed by atoms with Crippen molar-refractivity contribution in [2.75, 3.05) is 12.4 Å². The number of carbonyl (C=O) groups excluding carboxylic acids is 2. The van der Waals surface area contributed by atoms with Gasteiger partial charge in [-0.15, -0.1) is 0 Å². The van der Waals surface area contributed by atoms with Crippen molar-refractivity contribution in [3.63, 3.8) is 0 Å². The summed E-state index contributed by atoms with van der Waals surface area (Å²) >= 11 is 4.60. The Labute approximate surface area is 163 Å². The molecule has 2 aromatic carbocycles. The van der Waals surface area contributed by atoms with E-state index in [-0.39, 0.29) is 18.2 Å². The number of amidine groups is 1. The zero-order chi connectivity index (χ0) is 18.5. The highest BCUT2D eigenvalue weighted by Crippen LogP contribution is 2.26. The third-order valence-corrected chi connectivity index (χ3v) is 5.19. The van der Waals surface area contributed by atoms with E-state index >= 15 is 0 Å². The Bertz CT molecular complexity index is 838. The van der Waals surface area contributed by atoms with E-state index in [1.54, 1.807) is 43.5 Å². The molecular formula is C18H16BrN3O3S. The van der Waals surface area contributed by atoms with Crippen LogP contribution in [0.4, 0.5) is 11.4 Å². The number of thioether (sulfide) groups is 1. The number of benzene rings is 2. The minimum absolute atomic E-state index is 0.0776. The largest absolute Gasteiger partial charge is 0.497 e. The quantitative estimate of drug-likeness (QED) is 0.752. The van der Waals surface area contributed by atoms with Crippen LogP contribution in [0.25, 0.3) is 0 Å². The smallest absolute Gasteiger partial charge is 0.240 e. The lowest BCUT2D eigenvalue weighted by Crippen LogP contribution is -2.28. The zero-order valence-corrected chi connectivity index (χ0v) is 16.3. The first-order chi connectivity index (χ1) is 12.5. The van der Waals surface area contributed by atoms with Crippen LogP contribution in [0.2, 0.25) is 0 Å². The predicted octanol–water partition coefficient (Wildman–Crippen LogP) is 3.71. The van der Waals surface area contributed by atoms with Gasteiger partial charge in [-0.1, -0.05) is 27.7 Å². The molecule has 0 bridgehead atoms. The van der Waals surface area contributed by atoms with Crippen LogP contribution in [-0.2, 0) is 9.59 Å². The van der Waals surface area contributed by atoms with E-state index in [4.69, 9.17) is 4.74 Å². The molecule has 0 radical (unpaired) electrons. The van der Waals surface area contributed by atoms with Crippen LogP contribution < -0.4 is 15.4 Å². The molecule has 2 amide bonds. The van der Waals surface area contributed by atoms with Crippen LogP contribution in [-0.4, -0.2) is 29.3 Å². The zero-order valence-electron chi connectivity index (χ0n) is 13.9. The van der Waals surface area contributed by atoms with Gasteiger partial charge in [-0.05, 0) is 48.5 Å². The Balaban J connectivity index is 1.59. The second-order valence-electron chi connectivity index (χ2n) is 5.47. The van der Waals surface area contributed by atoms with Crippen molar-refractivity contribution in [2.45, 2.75) is 11.7 Å². The third-order valence-electron chi connectivity index (χ3n) is 3.58. The highest BCUT2D eigenvalue weighted by Gasteiger charge is 2.32. The average Bonchev–Trinajstić information content (AvgIpc) is 2.96. The molecule has 1 saturated heterocycles. The summed E-state index contributed by atoms with van der Waals surface area (Å²) in [7, 11) is 1.60. The van der Waals surface area contributed by atoms with Gasteiger partial charge in [0.05, 0.1) is 12.8 Å². The molecule has 0 aliphatic carbocycles. The average molecular weight is 434 g/mol. The van der Waals surface area contributed by atoms with E-state index in [9.17, 15) is 9.59 Å². The van der Waals surface area contributed by atoms with Crippen LogP contribution in [0, 0.1) is 0 Å².